The van der Waals surface area contributed by atoms with E-state index in [0.717, 1.165) is 50.0 Å². The van der Waals surface area contributed by atoms with Gasteiger partial charge >= 0.3 is 0 Å². The van der Waals surface area contributed by atoms with Gasteiger partial charge in [-0.3, -0.25) is 9.80 Å². The number of hydrogen-bond acceptors (Lipinski definition) is 5. The molecule has 0 unspecified atom stereocenters. The number of rotatable bonds is 4. The average molecular weight is 342 g/mol. The maximum atomic E-state index is 5.85. The van der Waals surface area contributed by atoms with Crippen LogP contribution in [0.25, 0.3) is 0 Å². The minimum atomic E-state index is 0.502. The van der Waals surface area contributed by atoms with Crippen LogP contribution in [-0.2, 0) is 20.1 Å². The second-order valence-electron chi connectivity index (χ2n) is 6.95. The average Bonchev–Trinajstić information content (AvgIpc) is 3.02. The van der Waals surface area contributed by atoms with Gasteiger partial charge in [-0.2, -0.15) is 0 Å². The van der Waals surface area contributed by atoms with E-state index in [0.29, 0.717) is 19.3 Å². The predicted molar refractivity (Wildman–Crippen MR) is 95.8 cm³/mol. The van der Waals surface area contributed by atoms with Gasteiger partial charge in [0.25, 0.3) is 0 Å². The van der Waals surface area contributed by atoms with Crippen LogP contribution in [-0.4, -0.2) is 58.2 Å². The van der Waals surface area contributed by atoms with Crippen LogP contribution >= 0.6 is 0 Å². The number of aromatic nitrogens is 2. The summed E-state index contributed by atoms with van der Waals surface area (Å²) >= 11 is 0. The minimum absolute atomic E-state index is 0.502. The van der Waals surface area contributed by atoms with Gasteiger partial charge in [0.1, 0.15) is 19.0 Å². The summed E-state index contributed by atoms with van der Waals surface area (Å²) in [5.74, 6) is 2.94. The molecule has 0 amide bonds. The highest BCUT2D eigenvalue weighted by Gasteiger charge is 2.26. The number of nitrogens with zero attached hydrogens (tertiary/aromatic N) is 4. The first-order valence-electron chi connectivity index (χ1n) is 9.01. The molecule has 1 aromatic heterocycles. The maximum absolute atomic E-state index is 5.85. The fraction of sp³-hybridized carbons (Fsp3) is 0.526. The van der Waals surface area contributed by atoms with E-state index >= 15 is 0 Å². The summed E-state index contributed by atoms with van der Waals surface area (Å²) in [5, 5.41) is 0. The van der Waals surface area contributed by atoms with E-state index in [1.54, 1.807) is 0 Å². The van der Waals surface area contributed by atoms with Gasteiger partial charge in [0.05, 0.1) is 6.54 Å². The molecule has 0 spiro atoms. The summed E-state index contributed by atoms with van der Waals surface area (Å²) in [4.78, 5) is 9.48. The molecule has 6 heteroatoms. The van der Waals surface area contributed by atoms with Crippen LogP contribution < -0.4 is 9.47 Å². The predicted octanol–water partition coefficient (Wildman–Crippen LogP) is 1.90. The van der Waals surface area contributed by atoms with Crippen LogP contribution in [0.1, 0.15) is 18.3 Å². The molecular formula is C19H26N4O2. The summed E-state index contributed by atoms with van der Waals surface area (Å²) in [5.41, 5.74) is 1.22. The molecule has 1 atom stereocenters. The Morgan fingerprint density at radius 3 is 2.84 bits per heavy atom. The first kappa shape index (κ1) is 16.4. The summed E-state index contributed by atoms with van der Waals surface area (Å²) in [7, 11) is 2.06. The van der Waals surface area contributed by atoms with Crippen molar-refractivity contribution < 1.29 is 9.47 Å². The summed E-state index contributed by atoms with van der Waals surface area (Å²) < 4.78 is 13.7. The van der Waals surface area contributed by atoms with E-state index in [1.165, 1.54) is 5.56 Å². The monoisotopic (exact) mass is 342 g/mol. The number of hydrogen-bond donors (Lipinski definition) is 0. The maximum Gasteiger partial charge on any atom is 0.165 e. The summed E-state index contributed by atoms with van der Waals surface area (Å²) in [6, 6.07) is 6.70. The van der Waals surface area contributed by atoms with Gasteiger partial charge in [-0.15, -0.1) is 0 Å². The van der Waals surface area contributed by atoms with Gasteiger partial charge in [0.15, 0.2) is 11.5 Å². The molecule has 1 fully saturated rings. The molecule has 2 aliphatic heterocycles. The third-order valence-electron chi connectivity index (χ3n) is 5.16. The molecular weight excluding hydrogens is 316 g/mol. The number of para-hydroxylation sites is 1. The van der Waals surface area contributed by atoms with Crippen LogP contribution in [0.2, 0.25) is 0 Å². The lowest BCUT2D eigenvalue weighted by Crippen LogP contribution is -2.51. The number of aryl methyl sites for hydroxylation is 1. The largest absolute Gasteiger partial charge is 0.486 e. The van der Waals surface area contributed by atoms with E-state index in [2.05, 4.69) is 45.5 Å². The van der Waals surface area contributed by atoms with Crippen LogP contribution in [0.3, 0.4) is 0 Å². The SMILES string of the molecule is C[C@@H]1CN(Cc2cccc3c2OCCO3)CCN1Cc1nccn1C. The Kier molecular flexibility index (Phi) is 4.63. The Morgan fingerprint density at radius 2 is 2.04 bits per heavy atom. The fourth-order valence-corrected chi connectivity index (χ4v) is 3.68. The minimum Gasteiger partial charge on any atom is -0.486 e. The Hall–Kier alpha value is -2.05. The van der Waals surface area contributed by atoms with Crippen molar-refractivity contribution >= 4 is 0 Å². The van der Waals surface area contributed by atoms with Gasteiger partial charge < -0.3 is 14.0 Å². The molecule has 3 heterocycles. The molecule has 4 rings (SSSR count). The van der Waals surface area contributed by atoms with E-state index in [1.807, 2.05) is 18.5 Å². The van der Waals surface area contributed by atoms with Crippen molar-refractivity contribution in [2.24, 2.45) is 7.05 Å². The number of ether oxygens (including phenoxy) is 2. The second-order valence-corrected chi connectivity index (χ2v) is 6.95. The first-order chi connectivity index (χ1) is 12.2. The lowest BCUT2D eigenvalue weighted by Gasteiger charge is -2.40. The highest BCUT2D eigenvalue weighted by atomic mass is 16.6. The van der Waals surface area contributed by atoms with Crippen molar-refractivity contribution in [3.8, 4) is 11.5 Å². The van der Waals surface area contributed by atoms with E-state index in [-0.39, 0.29) is 0 Å². The molecule has 0 aliphatic carbocycles. The molecule has 0 radical (unpaired) electrons. The van der Waals surface area contributed by atoms with Crippen LogP contribution in [0.5, 0.6) is 11.5 Å². The van der Waals surface area contributed by atoms with Crippen molar-refractivity contribution in [3.63, 3.8) is 0 Å². The number of imidazole rings is 1. The van der Waals surface area contributed by atoms with Gasteiger partial charge in [0.2, 0.25) is 0 Å². The van der Waals surface area contributed by atoms with Crippen LogP contribution in [0, 0.1) is 0 Å². The van der Waals surface area contributed by atoms with E-state index < -0.39 is 0 Å². The Bertz CT molecular complexity index is 730. The molecule has 134 valence electrons. The smallest absolute Gasteiger partial charge is 0.165 e. The van der Waals surface area contributed by atoms with Crippen molar-refractivity contribution in [3.05, 3.63) is 42.0 Å². The Morgan fingerprint density at radius 1 is 1.16 bits per heavy atom. The molecule has 0 N–H and O–H groups in total. The molecule has 6 nitrogen and oxygen atoms in total. The topological polar surface area (TPSA) is 42.8 Å². The lowest BCUT2D eigenvalue weighted by molar-refractivity contribution is 0.0694. The van der Waals surface area contributed by atoms with Crippen LogP contribution in [0.4, 0.5) is 0 Å². The Balaban J connectivity index is 1.39. The summed E-state index contributed by atoms with van der Waals surface area (Å²) in [6.07, 6.45) is 3.88. The second kappa shape index (κ2) is 7.06. The van der Waals surface area contributed by atoms with E-state index in [4.69, 9.17) is 9.47 Å². The number of fused-ring (bicyclic) bond motifs is 1. The van der Waals surface area contributed by atoms with Gasteiger partial charge in [-0.1, -0.05) is 12.1 Å². The lowest BCUT2D eigenvalue weighted by atomic mass is 10.1. The zero-order valence-corrected chi connectivity index (χ0v) is 15.0. The quantitative estimate of drug-likeness (QED) is 0.849. The van der Waals surface area contributed by atoms with Crippen molar-refractivity contribution in [1.29, 1.82) is 0 Å². The van der Waals surface area contributed by atoms with Gasteiger partial charge in [-0.25, -0.2) is 4.98 Å². The van der Waals surface area contributed by atoms with Gasteiger partial charge in [0, 0.05) is 57.2 Å². The molecule has 25 heavy (non-hydrogen) atoms. The molecule has 1 saturated heterocycles. The van der Waals surface area contributed by atoms with E-state index in [9.17, 15) is 0 Å². The molecule has 0 bridgehead atoms. The molecule has 1 aromatic carbocycles. The normalized spacial score (nSPS) is 21.4. The van der Waals surface area contributed by atoms with Crippen molar-refractivity contribution in [1.82, 2.24) is 19.4 Å². The zero-order chi connectivity index (χ0) is 17.2. The van der Waals surface area contributed by atoms with Gasteiger partial charge in [-0.05, 0) is 13.0 Å². The highest BCUT2D eigenvalue weighted by Crippen LogP contribution is 2.34. The molecule has 2 aliphatic rings. The van der Waals surface area contributed by atoms with Crippen LogP contribution in [0.15, 0.2) is 30.6 Å². The molecule has 2 aromatic rings. The Labute approximate surface area is 149 Å². The summed E-state index contributed by atoms with van der Waals surface area (Å²) in [6.45, 7) is 8.56. The molecule has 0 saturated carbocycles. The number of piperazine rings is 1. The number of benzene rings is 1. The third-order valence-corrected chi connectivity index (χ3v) is 5.16. The third kappa shape index (κ3) is 3.50. The standard InChI is InChI=1S/C19H26N4O2/c1-15-12-22(8-9-23(15)14-18-20-6-7-21(18)2)13-16-4-3-5-17-19(16)25-11-10-24-17/h3-7,15H,8-14H2,1-2H3/t15-/m1/s1. The van der Waals surface area contributed by atoms with Crippen molar-refractivity contribution in [2.75, 3.05) is 32.8 Å². The highest BCUT2D eigenvalue weighted by molar-refractivity contribution is 5.47. The van der Waals surface area contributed by atoms with Crippen molar-refractivity contribution in [2.45, 2.75) is 26.1 Å². The first-order valence-corrected chi connectivity index (χ1v) is 9.01. The fourth-order valence-electron chi connectivity index (χ4n) is 3.68. The zero-order valence-electron chi connectivity index (χ0n) is 15.0.